The van der Waals surface area contributed by atoms with Gasteiger partial charge in [-0.3, -0.25) is 4.79 Å². The van der Waals surface area contributed by atoms with Gasteiger partial charge in [-0.05, 0) is 38.8 Å². The Morgan fingerprint density at radius 2 is 2.04 bits per heavy atom. The van der Waals surface area contributed by atoms with Crippen LogP contribution in [0.25, 0.3) is 11.3 Å². The standard InChI is InChI=1S/C19H24ClN3O2S/c1-12(22-18(24)19(11-21)7-9-25-10-8-19)17-23-16(13(2)26-17)14-3-5-15(20)6-4-14/h3-6,12H,7-11,21H2,1-2H3,(H,22,24). The van der Waals surface area contributed by atoms with Gasteiger partial charge in [0.25, 0.3) is 0 Å². The molecule has 1 saturated heterocycles. The Labute approximate surface area is 162 Å². The van der Waals surface area contributed by atoms with Gasteiger partial charge in [0, 0.05) is 35.2 Å². The Balaban J connectivity index is 1.76. The Morgan fingerprint density at radius 3 is 2.65 bits per heavy atom. The van der Waals surface area contributed by atoms with Gasteiger partial charge in [0.05, 0.1) is 17.2 Å². The summed E-state index contributed by atoms with van der Waals surface area (Å²) in [5, 5.41) is 4.70. The van der Waals surface area contributed by atoms with Crippen molar-refractivity contribution in [2.24, 2.45) is 11.1 Å². The second kappa shape index (κ2) is 8.05. The molecule has 1 unspecified atom stereocenters. The van der Waals surface area contributed by atoms with Crippen molar-refractivity contribution in [1.29, 1.82) is 0 Å². The number of thiazole rings is 1. The lowest BCUT2D eigenvalue weighted by Gasteiger charge is -2.35. The highest BCUT2D eigenvalue weighted by Gasteiger charge is 2.39. The molecule has 3 N–H and O–H groups in total. The lowest BCUT2D eigenvalue weighted by molar-refractivity contribution is -0.136. The first kappa shape index (κ1) is 19.3. The van der Waals surface area contributed by atoms with Crippen LogP contribution in [0.15, 0.2) is 24.3 Å². The second-order valence-corrected chi connectivity index (χ2v) is 8.43. The Morgan fingerprint density at radius 1 is 1.38 bits per heavy atom. The third kappa shape index (κ3) is 3.93. The lowest BCUT2D eigenvalue weighted by atomic mass is 9.79. The summed E-state index contributed by atoms with van der Waals surface area (Å²) in [4.78, 5) is 18.7. The number of hydrogen-bond donors (Lipinski definition) is 2. The largest absolute Gasteiger partial charge is 0.381 e. The number of amides is 1. The molecule has 1 aromatic carbocycles. The molecule has 1 amide bonds. The van der Waals surface area contributed by atoms with Gasteiger partial charge < -0.3 is 15.8 Å². The zero-order chi connectivity index (χ0) is 18.7. The van der Waals surface area contributed by atoms with Crippen molar-refractivity contribution >= 4 is 28.8 Å². The molecule has 0 spiro atoms. The van der Waals surface area contributed by atoms with Crippen molar-refractivity contribution in [2.75, 3.05) is 19.8 Å². The third-order valence-electron chi connectivity index (χ3n) is 4.97. The molecule has 5 nitrogen and oxygen atoms in total. The van der Waals surface area contributed by atoms with Crippen LogP contribution in [0.3, 0.4) is 0 Å². The fraction of sp³-hybridized carbons (Fsp3) is 0.474. The van der Waals surface area contributed by atoms with Gasteiger partial charge in [-0.1, -0.05) is 23.7 Å². The molecule has 26 heavy (non-hydrogen) atoms. The zero-order valence-electron chi connectivity index (χ0n) is 15.0. The number of rotatable bonds is 5. The summed E-state index contributed by atoms with van der Waals surface area (Å²) in [7, 11) is 0. The van der Waals surface area contributed by atoms with E-state index in [0.29, 0.717) is 37.6 Å². The quantitative estimate of drug-likeness (QED) is 0.811. The van der Waals surface area contributed by atoms with Gasteiger partial charge in [0.2, 0.25) is 5.91 Å². The number of carbonyl (C=O) groups is 1. The molecule has 7 heteroatoms. The second-order valence-electron chi connectivity index (χ2n) is 6.76. The van der Waals surface area contributed by atoms with Gasteiger partial charge in [-0.25, -0.2) is 4.98 Å². The molecule has 1 fully saturated rings. The van der Waals surface area contributed by atoms with Crippen LogP contribution in [-0.2, 0) is 9.53 Å². The first-order valence-corrected chi connectivity index (χ1v) is 9.97. The highest BCUT2D eigenvalue weighted by Crippen LogP contribution is 2.33. The predicted molar refractivity (Wildman–Crippen MR) is 105 cm³/mol. The predicted octanol–water partition coefficient (Wildman–Crippen LogP) is 3.70. The maximum absolute atomic E-state index is 12.8. The monoisotopic (exact) mass is 393 g/mol. The fourth-order valence-electron chi connectivity index (χ4n) is 3.18. The molecule has 2 aromatic rings. The molecule has 140 valence electrons. The van der Waals surface area contributed by atoms with E-state index in [9.17, 15) is 4.79 Å². The van der Waals surface area contributed by atoms with E-state index in [-0.39, 0.29) is 11.9 Å². The molecule has 0 radical (unpaired) electrons. The average molecular weight is 394 g/mol. The topological polar surface area (TPSA) is 77.2 Å². The molecular formula is C19H24ClN3O2S. The lowest BCUT2D eigenvalue weighted by Crippen LogP contribution is -2.49. The van der Waals surface area contributed by atoms with E-state index in [1.807, 2.05) is 38.1 Å². The summed E-state index contributed by atoms with van der Waals surface area (Å²) in [6.07, 6.45) is 1.32. The summed E-state index contributed by atoms with van der Waals surface area (Å²) < 4.78 is 5.39. The van der Waals surface area contributed by atoms with E-state index in [4.69, 9.17) is 27.1 Å². The maximum atomic E-state index is 12.8. The number of halogens is 1. The summed E-state index contributed by atoms with van der Waals surface area (Å²) in [6.45, 7) is 5.50. The van der Waals surface area contributed by atoms with E-state index < -0.39 is 5.41 Å². The molecule has 1 aromatic heterocycles. The number of ether oxygens (including phenoxy) is 1. The maximum Gasteiger partial charge on any atom is 0.228 e. The molecule has 0 bridgehead atoms. The fourth-order valence-corrected chi connectivity index (χ4v) is 4.25. The number of nitrogens with two attached hydrogens (primary N) is 1. The van der Waals surface area contributed by atoms with Crippen LogP contribution in [0.4, 0.5) is 0 Å². The van der Waals surface area contributed by atoms with E-state index in [0.717, 1.165) is 21.1 Å². The van der Waals surface area contributed by atoms with E-state index in [1.54, 1.807) is 11.3 Å². The number of hydrogen-bond acceptors (Lipinski definition) is 5. The molecule has 1 aliphatic rings. The van der Waals surface area contributed by atoms with Crippen molar-refractivity contribution in [3.05, 3.63) is 39.2 Å². The van der Waals surface area contributed by atoms with Crippen molar-refractivity contribution in [2.45, 2.75) is 32.7 Å². The van der Waals surface area contributed by atoms with Gasteiger partial charge in [0.1, 0.15) is 5.01 Å². The van der Waals surface area contributed by atoms with Crippen molar-refractivity contribution in [3.63, 3.8) is 0 Å². The molecule has 3 rings (SSSR count). The summed E-state index contributed by atoms with van der Waals surface area (Å²) in [5.74, 6) is -0.00306. The zero-order valence-corrected chi connectivity index (χ0v) is 16.6. The number of aryl methyl sites for hydroxylation is 1. The molecule has 2 heterocycles. The van der Waals surface area contributed by atoms with Crippen LogP contribution in [0.2, 0.25) is 5.02 Å². The van der Waals surface area contributed by atoms with Crippen LogP contribution in [-0.4, -0.2) is 30.6 Å². The van der Waals surface area contributed by atoms with Crippen molar-refractivity contribution in [1.82, 2.24) is 10.3 Å². The number of benzene rings is 1. The molecular weight excluding hydrogens is 370 g/mol. The van der Waals surface area contributed by atoms with Gasteiger partial charge in [0.15, 0.2) is 0 Å². The Bertz CT molecular complexity index is 770. The Hall–Kier alpha value is -1.47. The van der Waals surface area contributed by atoms with Crippen LogP contribution in [0.1, 0.15) is 35.7 Å². The van der Waals surface area contributed by atoms with Gasteiger partial charge >= 0.3 is 0 Å². The number of nitrogens with zero attached hydrogens (tertiary/aromatic N) is 1. The molecule has 1 atom stereocenters. The van der Waals surface area contributed by atoms with E-state index in [2.05, 4.69) is 5.32 Å². The average Bonchev–Trinajstić information content (AvgIpc) is 3.04. The third-order valence-corrected chi connectivity index (χ3v) is 6.38. The molecule has 0 aliphatic carbocycles. The van der Waals surface area contributed by atoms with Crippen molar-refractivity contribution in [3.8, 4) is 11.3 Å². The highest BCUT2D eigenvalue weighted by molar-refractivity contribution is 7.12. The first-order chi connectivity index (χ1) is 12.4. The minimum absolute atomic E-state index is 0.00306. The van der Waals surface area contributed by atoms with Crippen molar-refractivity contribution < 1.29 is 9.53 Å². The summed E-state index contributed by atoms with van der Waals surface area (Å²) >= 11 is 7.57. The first-order valence-electron chi connectivity index (χ1n) is 8.77. The van der Waals surface area contributed by atoms with Gasteiger partial charge in [-0.15, -0.1) is 11.3 Å². The van der Waals surface area contributed by atoms with Crippen LogP contribution in [0, 0.1) is 12.3 Å². The van der Waals surface area contributed by atoms with Crippen LogP contribution < -0.4 is 11.1 Å². The SMILES string of the molecule is Cc1sc(C(C)NC(=O)C2(CN)CCOCC2)nc1-c1ccc(Cl)cc1. The van der Waals surface area contributed by atoms with Crippen LogP contribution >= 0.6 is 22.9 Å². The van der Waals surface area contributed by atoms with E-state index >= 15 is 0 Å². The van der Waals surface area contributed by atoms with Gasteiger partial charge in [-0.2, -0.15) is 0 Å². The van der Waals surface area contributed by atoms with Crippen LogP contribution in [0.5, 0.6) is 0 Å². The minimum Gasteiger partial charge on any atom is -0.381 e. The highest BCUT2D eigenvalue weighted by atomic mass is 35.5. The number of carbonyl (C=O) groups excluding carboxylic acids is 1. The number of nitrogens with one attached hydrogen (secondary N) is 1. The molecule has 1 aliphatic heterocycles. The normalized spacial score (nSPS) is 17.7. The smallest absolute Gasteiger partial charge is 0.228 e. The summed E-state index contributed by atoms with van der Waals surface area (Å²) in [6, 6.07) is 7.47. The number of aromatic nitrogens is 1. The summed E-state index contributed by atoms with van der Waals surface area (Å²) in [5.41, 5.74) is 7.36. The Kier molecular flexibility index (Phi) is 5.97. The minimum atomic E-state index is -0.530. The molecule has 0 saturated carbocycles. The van der Waals surface area contributed by atoms with E-state index in [1.165, 1.54) is 0 Å².